The SMILES string of the molecule is CCC=CCC(C(=O)O)C(C)C. The number of hydrogen-bond donors (Lipinski definition) is 1. The zero-order chi connectivity index (χ0) is 9.56. The fourth-order valence-electron chi connectivity index (χ4n) is 1.07. The van der Waals surface area contributed by atoms with Gasteiger partial charge in [-0.15, -0.1) is 0 Å². The molecule has 70 valence electrons. The molecule has 0 aromatic carbocycles. The first-order valence-electron chi connectivity index (χ1n) is 4.47. The molecule has 0 aliphatic rings. The van der Waals surface area contributed by atoms with Crippen LogP contribution in [0.5, 0.6) is 0 Å². The second-order valence-corrected chi connectivity index (χ2v) is 3.30. The molecule has 0 amide bonds. The molecule has 12 heavy (non-hydrogen) atoms. The first-order chi connectivity index (χ1) is 5.59. The smallest absolute Gasteiger partial charge is 0.307 e. The maximum absolute atomic E-state index is 10.7. The van der Waals surface area contributed by atoms with Gasteiger partial charge in [0.2, 0.25) is 0 Å². The van der Waals surface area contributed by atoms with Crippen LogP contribution >= 0.6 is 0 Å². The molecule has 2 heteroatoms. The molecule has 1 N–H and O–H groups in total. The molecule has 0 saturated heterocycles. The van der Waals surface area contributed by atoms with Gasteiger partial charge in [-0.1, -0.05) is 32.9 Å². The average molecular weight is 170 g/mol. The lowest BCUT2D eigenvalue weighted by atomic mass is 9.92. The molecular weight excluding hydrogens is 152 g/mol. The van der Waals surface area contributed by atoms with Gasteiger partial charge in [0, 0.05) is 0 Å². The van der Waals surface area contributed by atoms with Crippen molar-refractivity contribution in [2.24, 2.45) is 11.8 Å². The molecule has 0 saturated carbocycles. The van der Waals surface area contributed by atoms with Crippen molar-refractivity contribution in [3.8, 4) is 0 Å². The predicted octanol–water partition coefficient (Wildman–Crippen LogP) is 2.70. The summed E-state index contributed by atoms with van der Waals surface area (Å²) in [4.78, 5) is 10.7. The highest BCUT2D eigenvalue weighted by molar-refractivity contribution is 5.70. The fourth-order valence-corrected chi connectivity index (χ4v) is 1.07. The highest BCUT2D eigenvalue weighted by Crippen LogP contribution is 2.15. The van der Waals surface area contributed by atoms with E-state index in [4.69, 9.17) is 5.11 Å². The van der Waals surface area contributed by atoms with Gasteiger partial charge in [-0.25, -0.2) is 0 Å². The lowest BCUT2D eigenvalue weighted by Crippen LogP contribution is -2.18. The van der Waals surface area contributed by atoms with Crippen molar-refractivity contribution in [3.63, 3.8) is 0 Å². The minimum Gasteiger partial charge on any atom is -0.481 e. The van der Waals surface area contributed by atoms with E-state index < -0.39 is 5.97 Å². The number of aliphatic carboxylic acids is 1. The van der Waals surface area contributed by atoms with Crippen molar-refractivity contribution in [1.29, 1.82) is 0 Å². The number of carbonyl (C=O) groups is 1. The molecule has 0 aromatic heterocycles. The van der Waals surface area contributed by atoms with Crippen LogP contribution in [-0.4, -0.2) is 11.1 Å². The summed E-state index contributed by atoms with van der Waals surface area (Å²) in [6, 6.07) is 0. The van der Waals surface area contributed by atoms with Crippen LogP contribution in [0.15, 0.2) is 12.2 Å². The summed E-state index contributed by atoms with van der Waals surface area (Å²) in [6.07, 6.45) is 5.60. The summed E-state index contributed by atoms with van der Waals surface area (Å²) in [5.74, 6) is -0.706. The quantitative estimate of drug-likeness (QED) is 0.644. The Morgan fingerprint density at radius 1 is 1.42 bits per heavy atom. The van der Waals surface area contributed by atoms with Crippen molar-refractivity contribution >= 4 is 5.97 Å². The van der Waals surface area contributed by atoms with Crippen LogP contribution in [0.3, 0.4) is 0 Å². The molecular formula is C10H18O2. The average Bonchev–Trinajstić information content (AvgIpc) is 1.96. The Kier molecular flexibility index (Phi) is 5.43. The van der Waals surface area contributed by atoms with Crippen LogP contribution in [-0.2, 0) is 4.79 Å². The van der Waals surface area contributed by atoms with E-state index in [1.165, 1.54) is 0 Å². The summed E-state index contributed by atoms with van der Waals surface area (Å²) in [5, 5.41) is 8.81. The van der Waals surface area contributed by atoms with Crippen molar-refractivity contribution in [1.82, 2.24) is 0 Å². The maximum Gasteiger partial charge on any atom is 0.307 e. The molecule has 1 unspecified atom stereocenters. The van der Waals surface area contributed by atoms with Gasteiger partial charge in [0.05, 0.1) is 5.92 Å². The Labute approximate surface area is 74.3 Å². The van der Waals surface area contributed by atoms with Crippen LogP contribution in [0.1, 0.15) is 33.6 Å². The van der Waals surface area contributed by atoms with E-state index in [0.29, 0.717) is 6.42 Å². The first-order valence-corrected chi connectivity index (χ1v) is 4.47. The lowest BCUT2D eigenvalue weighted by molar-refractivity contribution is -0.143. The second-order valence-electron chi connectivity index (χ2n) is 3.30. The molecule has 2 nitrogen and oxygen atoms in total. The zero-order valence-corrected chi connectivity index (χ0v) is 8.08. The van der Waals surface area contributed by atoms with Gasteiger partial charge >= 0.3 is 5.97 Å². The Hall–Kier alpha value is -0.790. The number of allylic oxidation sites excluding steroid dienone is 2. The molecule has 0 aliphatic heterocycles. The molecule has 0 heterocycles. The second kappa shape index (κ2) is 5.81. The van der Waals surface area contributed by atoms with E-state index in [1.54, 1.807) is 0 Å². The Bertz CT molecular complexity index is 159. The van der Waals surface area contributed by atoms with E-state index in [2.05, 4.69) is 0 Å². The van der Waals surface area contributed by atoms with Crippen molar-refractivity contribution in [3.05, 3.63) is 12.2 Å². The summed E-state index contributed by atoms with van der Waals surface area (Å²) in [6.45, 7) is 5.93. The van der Waals surface area contributed by atoms with Crippen molar-refractivity contribution in [2.75, 3.05) is 0 Å². The van der Waals surface area contributed by atoms with Crippen LogP contribution in [0, 0.1) is 11.8 Å². The summed E-state index contributed by atoms with van der Waals surface area (Å²) in [7, 11) is 0. The van der Waals surface area contributed by atoms with Crippen LogP contribution in [0.2, 0.25) is 0 Å². The maximum atomic E-state index is 10.7. The van der Waals surface area contributed by atoms with E-state index in [1.807, 2.05) is 32.9 Å². The van der Waals surface area contributed by atoms with Gasteiger partial charge in [0.25, 0.3) is 0 Å². The van der Waals surface area contributed by atoms with E-state index >= 15 is 0 Å². The first kappa shape index (κ1) is 11.2. The molecule has 0 bridgehead atoms. The molecule has 0 radical (unpaired) electrons. The fraction of sp³-hybridized carbons (Fsp3) is 0.700. The monoisotopic (exact) mass is 170 g/mol. The topological polar surface area (TPSA) is 37.3 Å². The Morgan fingerprint density at radius 3 is 2.33 bits per heavy atom. The molecule has 0 aliphatic carbocycles. The van der Waals surface area contributed by atoms with E-state index in [-0.39, 0.29) is 11.8 Å². The minimum atomic E-state index is -0.689. The van der Waals surface area contributed by atoms with Crippen molar-refractivity contribution < 1.29 is 9.90 Å². The Morgan fingerprint density at radius 2 is 2.00 bits per heavy atom. The van der Waals surface area contributed by atoms with Gasteiger partial charge in [0.15, 0.2) is 0 Å². The summed E-state index contributed by atoms with van der Waals surface area (Å²) in [5.41, 5.74) is 0. The van der Waals surface area contributed by atoms with Gasteiger partial charge in [-0.05, 0) is 18.8 Å². The normalized spacial score (nSPS) is 14.0. The molecule has 0 fully saturated rings. The minimum absolute atomic E-state index is 0.212. The van der Waals surface area contributed by atoms with Crippen LogP contribution in [0.4, 0.5) is 0 Å². The summed E-state index contributed by atoms with van der Waals surface area (Å²) < 4.78 is 0. The van der Waals surface area contributed by atoms with Crippen LogP contribution in [0.25, 0.3) is 0 Å². The van der Waals surface area contributed by atoms with Crippen LogP contribution < -0.4 is 0 Å². The standard InChI is InChI=1S/C10H18O2/c1-4-5-6-7-9(8(2)3)10(11)12/h5-6,8-9H,4,7H2,1-3H3,(H,11,12). The zero-order valence-electron chi connectivity index (χ0n) is 8.08. The van der Waals surface area contributed by atoms with Crippen molar-refractivity contribution in [2.45, 2.75) is 33.6 Å². The molecule has 0 spiro atoms. The third-order valence-electron chi connectivity index (χ3n) is 1.91. The third-order valence-corrected chi connectivity index (χ3v) is 1.91. The van der Waals surface area contributed by atoms with Gasteiger partial charge < -0.3 is 5.11 Å². The van der Waals surface area contributed by atoms with Gasteiger partial charge in [-0.2, -0.15) is 0 Å². The third kappa shape index (κ3) is 4.16. The molecule has 0 aromatic rings. The molecule has 1 atom stereocenters. The summed E-state index contributed by atoms with van der Waals surface area (Å²) >= 11 is 0. The van der Waals surface area contributed by atoms with E-state index in [0.717, 1.165) is 6.42 Å². The highest BCUT2D eigenvalue weighted by atomic mass is 16.4. The Balaban J connectivity index is 3.97. The van der Waals surface area contributed by atoms with Gasteiger partial charge in [0.1, 0.15) is 0 Å². The largest absolute Gasteiger partial charge is 0.481 e. The van der Waals surface area contributed by atoms with E-state index in [9.17, 15) is 4.79 Å². The lowest BCUT2D eigenvalue weighted by Gasteiger charge is -2.13. The number of rotatable bonds is 5. The number of hydrogen-bond acceptors (Lipinski definition) is 1. The number of carboxylic acids is 1. The predicted molar refractivity (Wildman–Crippen MR) is 50.0 cm³/mol. The number of carboxylic acid groups (broad SMARTS) is 1. The van der Waals surface area contributed by atoms with Gasteiger partial charge in [-0.3, -0.25) is 4.79 Å². The highest BCUT2D eigenvalue weighted by Gasteiger charge is 2.19. The molecule has 0 rings (SSSR count).